The normalized spacial score (nSPS) is 10.8. The first-order valence-electron chi connectivity index (χ1n) is 9.91. The van der Waals surface area contributed by atoms with E-state index < -0.39 is 11.9 Å². The van der Waals surface area contributed by atoms with Crippen LogP contribution in [0.2, 0.25) is 0 Å². The number of aromatic carboxylic acids is 1. The largest absolute Gasteiger partial charge is 0.488 e. The van der Waals surface area contributed by atoms with Gasteiger partial charge in [0.2, 0.25) is 0 Å². The van der Waals surface area contributed by atoms with E-state index in [4.69, 9.17) is 9.84 Å². The van der Waals surface area contributed by atoms with Crippen LogP contribution in [0.4, 0.5) is 5.69 Å². The number of nitriles is 1. The number of carbonyl (C=O) groups is 2. The van der Waals surface area contributed by atoms with Crippen LogP contribution < -0.4 is 10.1 Å². The molecule has 1 amide bonds. The van der Waals surface area contributed by atoms with Gasteiger partial charge in [0.15, 0.2) is 0 Å². The van der Waals surface area contributed by atoms with E-state index in [-0.39, 0.29) is 17.7 Å². The van der Waals surface area contributed by atoms with E-state index in [1.165, 1.54) is 18.2 Å². The lowest BCUT2D eigenvalue weighted by Gasteiger charge is -2.10. The molecule has 3 rings (SSSR count). The fourth-order valence-electron chi connectivity index (χ4n) is 3.19. The third-order valence-corrected chi connectivity index (χ3v) is 4.66. The van der Waals surface area contributed by atoms with Gasteiger partial charge < -0.3 is 15.2 Å². The van der Waals surface area contributed by atoms with Crippen LogP contribution in [0.5, 0.6) is 5.75 Å². The second kappa shape index (κ2) is 10.1. The summed E-state index contributed by atoms with van der Waals surface area (Å²) in [6.07, 6.45) is 1.49. The Hall–Kier alpha value is -4.37. The highest BCUT2D eigenvalue weighted by Gasteiger charge is 2.12. The first kappa shape index (κ1) is 22.3. The zero-order valence-corrected chi connectivity index (χ0v) is 17.8. The van der Waals surface area contributed by atoms with Crippen molar-refractivity contribution in [2.24, 2.45) is 0 Å². The maximum Gasteiger partial charge on any atom is 0.335 e. The van der Waals surface area contributed by atoms with Crippen molar-refractivity contribution in [1.82, 2.24) is 0 Å². The smallest absolute Gasteiger partial charge is 0.335 e. The number of carboxylic acids is 1. The van der Waals surface area contributed by atoms with Crippen LogP contribution in [-0.4, -0.2) is 17.0 Å². The summed E-state index contributed by atoms with van der Waals surface area (Å²) < 4.78 is 5.87. The minimum atomic E-state index is -0.990. The Labute approximate surface area is 186 Å². The van der Waals surface area contributed by atoms with Crippen molar-refractivity contribution >= 4 is 23.6 Å². The number of hydrogen-bond donors (Lipinski definition) is 2. The molecule has 0 aliphatic rings. The van der Waals surface area contributed by atoms with Crippen molar-refractivity contribution in [3.63, 3.8) is 0 Å². The molecule has 2 N–H and O–H groups in total. The molecule has 0 saturated carbocycles. The second-order valence-corrected chi connectivity index (χ2v) is 7.33. The van der Waals surface area contributed by atoms with E-state index in [1.807, 2.05) is 38.1 Å². The van der Waals surface area contributed by atoms with Crippen LogP contribution in [0.1, 0.15) is 32.6 Å². The number of para-hydroxylation sites is 1. The maximum absolute atomic E-state index is 12.7. The molecule has 0 unspecified atom stereocenters. The van der Waals surface area contributed by atoms with Crippen molar-refractivity contribution in [1.29, 1.82) is 5.26 Å². The monoisotopic (exact) mass is 426 g/mol. The molecule has 6 nitrogen and oxygen atoms in total. The standard InChI is InChI=1S/C26H22N2O4/c1-17-11-18(2)13-23(12-17)28-25(29)22(15-27)14-21-5-3-4-6-24(21)32-16-19-7-9-20(10-8-19)26(30)31/h3-14H,16H2,1-2H3,(H,28,29)(H,30,31)/b22-14+. The molecule has 0 aliphatic heterocycles. The van der Waals surface area contributed by atoms with Crippen LogP contribution in [0.25, 0.3) is 6.08 Å². The van der Waals surface area contributed by atoms with E-state index in [1.54, 1.807) is 36.4 Å². The number of amides is 1. The van der Waals surface area contributed by atoms with E-state index in [0.717, 1.165) is 16.7 Å². The highest BCUT2D eigenvalue weighted by Crippen LogP contribution is 2.23. The fourth-order valence-corrected chi connectivity index (χ4v) is 3.19. The van der Waals surface area contributed by atoms with Crippen LogP contribution in [0.3, 0.4) is 0 Å². The third-order valence-electron chi connectivity index (χ3n) is 4.66. The lowest BCUT2D eigenvalue weighted by molar-refractivity contribution is -0.112. The van der Waals surface area contributed by atoms with E-state index >= 15 is 0 Å². The molecule has 0 atom stereocenters. The number of rotatable bonds is 7. The van der Waals surface area contributed by atoms with Crippen molar-refractivity contribution in [3.05, 3.63) is 100 Å². The number of aryl methyl sites for hydroxylation is 2. The Bertz CT molecular complexity index is 1200. The summed E-state index contributed by atoms with van der Waals surface area (Å²) in [5, 5.41) is 21.3. The summed E-state index contributed by atoms with van der Waals surface area (Å²) in [6, 6.07) is 21.1. The minimum absolute atomic E-state index is 0.0500. The van der Waals surface area contributed by atoms with Gasteiger partial charge in [0.05, 0.1) is 5.56 Å². The van der Waals surface area contributed by atoms with Gasteiger partial charge in [-0.2, -0.15) is 5.26 Å². The lowest BCUT2D eigenvalue weighted by atomic mass is 10.1. The molecular formula is C26H22N2O4. The molecule has 160 valence electrons. The number of anilines is 1. The molecule has 32 heavy (non-hydrogen) atoms. The SMILES string of the molecule is Cc1cc(C)cc(NC(=O)/C(C#N)=C/c2ccccc2OCc2ccc(C(=O)O)cc2)c1. The summed E-state index contributed by atoms with van der Waals surface area (Å²) >= 11 is 0. The Morgan fingerprint density at radius 3 is 2.31 bits per heavy atom. The molecular weight excluding hydrogens is 404 g/mol. The summed E-state index contributed by atoms with van der Waals surface area (Å²) in [7, 11) is 0. The Kier molecular flexibility index (Phi) is 7.04. The number of hydrogen-bond acceptors (Lipinski definition) is 4. The molecule has 0 radical (unpaired) electrons. The first-order chi connectivity index (χ1) is 15.4. The van der Waals surface area contributed by atoms with Gasteiger partial charge in [0.1, 0.15) is 24.0 Å². The molecule has 0 spiro atoms. The fraction of sp³-hybridized carbons (Fsp3) is 0.115. The Morgan fingerprint density at radius 2 is 1.69 bits per heavy atom. The van der Waals surface area contributed by atoms with Crippen LogP contribution >= 0.6 is 0 Å². The number of ether oxygens (including phenoxy) is 1. The first-order valence-corrected chi connectivity index (χ1v) is 9.91. The van der Waals surface area contributed by atoms with E-state index in [0.29, 0.717) is 17.0 Å². The average molecular weight is 426 g/mol. The van der Waals surface area contributed by atoms with Gasteiger partial charge in [-0.25, -0.2) is 4.79 Å². The van der Waals surface area contributed by atoms with Gasteiger partial charge in [-0.05, 0) is 66.9 Å². The lowest BCUT2D eigenvalue weighted by Crippen LogP contribution is -2.13. The summed E-state index contributed by atoms with van der Waals surface area (Å²) in [6.45, 7) is 4.08. The predicted octanol–water partition coefficient (Wildman–Crippen LogP) is 5.13. The number of carbonyl (C=O) groups excluding carboxylic acids is 1. The van der Waals surface area contributed by atoms with Gasteiger partial charge in [-0.15, -0.1) is 0 Å². The average Bonchev–Trinajstić information content (AvgIpc) is 2.76. The number of benzene rings is 3. The molecule has 0 fully saturated rings. The third kappa shape index (κ3) is 5.83. The predicted molar refractivity (Wildman–Crippen MR) is 122 cm³/mol. The highest BCUT2D eigenvalue weighted by molar-refractivity contribution is 6.09. The Balaban J connectivity index is 1.77. The molecule has 0 heterocycles. The summed E-state index contributed by atoms with van der Waals surface area (Å²) in [5.41, 5.74) is 4.18. The van der Waals surface area contributed by atoms with E-state index in [9.17, 15) is 14.9 Å². The van der Waals surface area contributed by atoms with Crippen LogP contribution in [0, 0.1) is 25.2 Å². The summed E-state index contributed by atoms with van der Waals surface area (Å²) in [5.74, 6) is -0.991. The quantitative estimate of drug-likeness (QED) is 0.403. The molecule has 0 aromatic heterocycles. The van der Waals surface area contributed by atoms with Crippen molar-refractivity contribution in [2.75, 3.05) is 5.32 Å². The number of carboxylic acid groups (broad SMARTS) is 1. The van der Waals surface area contributed by atoms with Crippen LogP contribution in [-0.2, 0) is 11.4 Å². The topological polar surface area (TPSA) is 99.4 Å². The van der Waals surface area contributed by atoms with Gasteiger partial charge in [0, 0.05) is 11.3 Å². The van der Waals surface area contributed by atoms with Crippen molar-refractivity contribution in [2.45, 2.75) is 20.5 Å². The zero-order chi connectivity index (χ0) is 23.1. The maximum atomic E-state index is 12.7. The summed E-state index contributed by atoms with van der Waals surface area (Å²) in [4.78, 5) is 23.6. The highest BCUT2D eigenvalue weighted by atomic mass is 16.5. The van der Waals surface area contributed by atoms with Gasteiger partial charge >= 0.3 is 5.97 Å². The Morgan fingerprint density at radius 1 is 1.03 bits per heavy atom. The molecule has 0 saturated heterocycles. The van der Waals surface area contributed by atoms with Gasteiger partial charge in [-0.3, -0.25) is 4.79 Å². The van der Waals surface area contributed by atoms with Crippen LogP contribution in [0.15, 0.2) is 72.3 Å². The minimum Gasteiger partial charge on any atom is -0.488 e. The zero-order valence-electron chi connectivity index (χ0n) is 17.8. The van der Waals surface area contributed by atoms with Crippen molar-refractivity contribution in [3.8, 4) is 11.8 Å². The molecule has 0 bridgehead atoms. The molecule has 0 aliphatic carbocycles. The number of nitrogens with one attached hydrogen (secondary N) is 1. The molecule has 3 aromatic rings. The second-order valence-electron chi connectivity index (χ2n) is 7.33. The van der Waals surface area contributed by atoms with E-state index in [2.05, 4.69) is 5.32 Å². The molecule has 3 aromatic carbocycles. The van der Waals surface area contributed by atoms with Gasteiger partial charge in [-0.1, -0.05) is 36.4 Å². The molecule has 6 heteroatoms. The van der Waals surface area contributed by atoms with Gasteiger partial charge in [0.25, 0.3) is 5.91 Å². The number of nitrogens with zero attached hydrogens (tertiary/aromatic N) is 1. The van der Waals surface area contributed by atoms with Crippen molar-refractivity contribution < 1.29 is 19.4 Å².